The van der Waals surface area contributed by atoms with Crippen molar-refractivity contribution in [3.05, 3.63) is 75.9 Å². The van der Waals surface area contributed by atoms with Gasteiger partial charge in [-0.2, -0.15) is 18.2 Å². The minimum Gasteiger partial charge on any atom is -0.490 e. The lowest BCUT2D eigenvalue weighted by molar-refractivity contribution is -0.192. The minimum atomic E-state index is -5.08. The molecule has 1 unspecified atom stereocenters. The van der Waals surface area contributed by atoms with E-state index >= 15 is 0 Å². The number of aromatic nitrogens is 2. The largest absolute Gasteiger partial charge is 0.490 e. The van der Waals surface area contributed by atoms with Crippen LogP contribution in [0.25, 0.3) is 0 Å². The molecule has 1 aromatic carbocycles. The number of carboxylic acid groups (broad SMARTS) is 1. The molecule has 3 aromatic rings. The van der Waals surface area contributed by atoms with Crippen LogP contribution in [-0.4, -0.2) is 70.5 Å². The zero-order chi connectivity index (χ0) is 27.0. The summed E-state index contributed by atoms with van der Waals surface area (Å²) in [5.74, 6) is -0.565. The van der Waals surface area contributed by atoms with Crippen molar-refractivity contribution in [2.75, 3.05) is 33.3 Å². The number of halogens is 3. The van der Waals surface area contributed by atoms with Crippen molar-refractivity contribution < 1.29 is 36.7 Å². The summed E-state index contributed by atoms with van der Waals surface area (Å²) in [6.07, 6.45) is -3.00. The normalized spacial score (nSPS) is 15.5. The number of ether oxygens (including phenoxy) is 1. The van der Waals surface area contributed by atoms with Gasteiger partial charge in [0.2, 0.25) is 17.1 Å². The minimum absolute atomic E-state index is 0.0494. The lowest BCUT2D eigenvalue weighted by atomic mass is 10.1. The van der Waals surface area contributed by atoms with Gasteiger partial charge < -0.3 is 18.8 Å². The van der Waals surface area contributed by atoms with Crippen LogP contribution in [-0.2, 0) is 17.8 Å². The van der Waals surface area contributed by atoms with Gasteiger partial charge in [-0.15, -0.1) is 0 Å². The molecule has 1 fully saturated rings. The number of carboxylic acids is 1. The van der Waals surface area contributed by atoms with Crippen LogP contribution >= 0.6 is 0 Å². The number of hydrogen-bond donors (Lipinski definition) is 1. The standard InChI is InChI=1S/C22H26N4O4.C2HF3O2/c1-16(22-23-20(24-30-22)14-17-6-4-3-5-7-17)26-11-9-25(10-12-26)15-19-21(28-2)18(27)8-13-29-19;3-2(4,5)1(6)7/h3-8,13,16H,9-12,14-15H2,1-2H3;(H,6,7). The third-order valence-corrected chi connectivity index (χ3v) is 5.72. The average molecular weight is 524 g/mol. The Balaban J connectivity index is 0.000000479. The second-order valence-corrected chi connectivity index (χ2v) is 8.24. The van der Waals surface area contributed by atoms with E-state index in [4.69, 9.17) is 23.6 Å². The Morgan fingerprint density at radius 1 is 1.16 bits per heavy atom. The molecule has 10 nitrogen and oxygen atoms in total. The lowest BCUT2D eigenvalue weighted by Crippen LogP contribution is -2.46. The molecule has 0 radical (unpaired) electrons. The van der Waals surface area contributed by atoms with Gasteiger partial charge >= 0.3 is 12.1 Å². The highest BCUT2D eigenvalue weighted by molar-refractivity contribution is 5.73. The van der Waals surface area contributed by atoms with Crippen LogP contribution < -0.4 is 10.2 Å². The SMILES string of the molecule is COc1c(CN2CCN(C(C)c3nc(Cc4ccccc4)no3)CC2)occc1=O.O=C(O)C(F)(F)F. The zero-order valence-electron chi connectivity index (χ0n) is 20.3. The van der Waals surface area contributed by atoms with Crippen molar-refractivity contribution in [3.8, 4) is 5.75 Å². The summed E-state index contributed by atoms with van der Waals surface area (Å²) >= 11 is 0. The van der Waals surface area contributed by atoms with Gasteiger partial charge in [0.05, 0.1) is 26.0 Å². The van der Waals surface area contributed by atoms with Crippen molar-refractivity contribution in [2.45, 2.75) is 32.1 Å². The lowest BCUT2D eigenvalue weighted by Gasteiger charge is -2.36. The highest BCUT2D eigenvalue weighted by Crippen LogP contribution is 2.22. The van der Waals surface area contributed by atoms with Crippen LogP contribution in [0.1, 0.15) is 36.0 Å². The van der Waals surface area contributed by atoms with Crippen LogP contribution in [0.4, 0.5) is 13.2 Å². The van der Waals surface area contributed by atoms with Crippen molar-refractivity contribution in [1.82, 2.24) is 19.9 Å². The molecule has 200 valence electrons. The summed E-state index contributed by atoms with van der Waals surface area (Å²) in [5, 5.41) is 11.3. The Hall–Kier alpha value is -3.71. The van der Waals surface area contributed by atoms with Gasteiger partial charge in [-0.25, -0.2) is 4.79 Å². The van der Waals surface area contributed by atoms with Crippen molar-refractivity contribution in [1.29, 1.82) is 0 Å². The van der Waals surface area contributed by atoms with E-state index in [2.05, 4.69) is 39.0 Å². The molecular weight excluding hydrogens is 497 g/mol. The first kappa shape index (κ1) is 27.9. The predicted octanol–water partition coefficient (Wildman–Crippen LogP) is 3.13. The van der Waals surface area contributed by atoms with Crippen LogP contribution in [0.2, 0.25) is 0 Å². The van der Waals surface area contributed by atoms with E-state index in [0.29, 0.717) is 30.4 Å². The highest BCUT2D eigenvalue weighted by Gasteiger charge is 2.38. The molecule has 1 atom stereocenters. The van der Waals surface area contributed by atoms with E-state index in [1.807, 2.05) is 18.2 Å². The number of benzene rings is 1. The average Bonchev–Trinajstić information content (AvgIpc) is 3.33. The Morgan fingerprint density at radius 3 is 2.41 bits per heavy atom. The predicted molar refractivity (Wildman–Crippen MR) is 124 cm³/mol. The molecule has 1 aliphatic rings. The summed E-state index contributed by atoms with van der Waals surface area (Å²) in [4.78, 5) is 30.0. The number of aliphatic carboxylic acids is 1. The molecule has 2 aromatic heterocycles. The van der Waals surface area contributed by atoms with E-state index in [-0.39, 0.29) is 17.2 Å². The van der Waals surface area contributed by atoms with E-state index in [1.54, 1.807) is 0 Å². The van der Waals surface area contributed by atoms with Gasteiger partial charge in [0, 0.05) is 38.7 Å². The maximum atomic E-state index is 11.9. The van der Waals surface area contributed by atoms with Gasteiger partial charge in [-0.05, 0) is 12.5 Å². The third-order valence-electron chi connectivity index (χ3n) is 5.72. The maximum absolute atomic E-state index is 11.9. The number of alkyl halides is 3. The summed E-state index contributed by atoms with van der Waals surface area (Å²) in [6, 6.07) is 11.6. The van der Waals surface area contributed by atoms with E-state index in [9.17, 15) is 18.0 Å². The van der Waals surface area contributed by atoms with Crippen LogP contribution in [0.15, 0.2) is 56.4 Å². The second-order valence-electron chi connectivity index (χ2n) is 8.24. The molecule has 0 aliphatic carbocycles. The molecule has 37 heavy (non-hydrogen) atoms. The number of piperazine rings is 1. The number of methoxy groups -OCH3 is 1. The second kappa shape index (κ2) is 12.5. The number of rotatable bonds is 7. The molecule has 1 saturated heterocycles. The third kappa shape index (κ3) is 7.89. The monoisotopic (exact) mass is 524 g/mol. The number of hydrogen-bond acceptors (Lipinski definition) is 9. The molecule has 4 rings (SSSR count). The summed E-state index contributed by atoms with van der Waals surface area (Å²) in [6.45, 7) is 6.04. The summed E-state index contributed by atoms with van der Waals surface area (Å²) in [5.41, 5.74) is 1.00. The van der Waals surface area contributed by atoms with Gasteiger partial charge in [0.25, 0.3) is 0 Å². The van der Waals surface area contributed by atoms with Crippen molar-refractivity contribution >= 4 is 5.97 Å². The van der Waals surface area contributed by atoms with Crippen LogP contribution in [0, 0.1) is 0 Å². The molecule has 13 heteroatoms. The Labute approximate surface area is 210 Å². The molecule has 3 heterocycles. The van der Waals surface area contributed by atoms with Gasteiger partial charge in [-0.3, -0.25) is 14.6 Å². The van der Waals surface area contributed by atoms with Crippen LogP contribution in [0.5, 0.6) is 5.75 Å². The Bertz CT molecular complexity index is 1210. The summed E-state index contributed by atoms with van der Waals surface area (Å²) < 4.78 is 48.0. The first-order chi connectivity index (χ1) is 17.6. The quantitative estimate of drug-likeness (QED) is 0.493. The zero-order valence-corrected chi connectivity index (χ0v) is 20.3. The molecule has 0 saturated carbocycles. The highest BCUT2D eigenvalue weighted by atomic mass is 19.4. The Morgan fingerprint density at radius 2 is 1.81 bits per heavy atom. The molecule has 0 amide bonds. The fourth-order valence-electron chi connectivity index (χ4n) is 3.72. The van der Waals surface area contributed by atoms with E-state index in [0.717, 1.165) is 31.7 Å². The number of carbonyl (C=O) groups is 1. The molecular formula is C24H27F3N4O6. The summed E-state index contributed by atoms with van der Waals surface area (Å²) in [7, 11) is 1.49. The van der Waals surface area contributed by atoms with Crippen LogP contribution in [0.3, 0.4) is 0 Å². The topological polar surface area (TPSA) is 122 Å². The molecule has 0 spiro atoms. The van der Waals surface area contributed by atoms with Gasteiger partial charge in [-0.1, -0.05) is 35.5 Å². The van der Waals surface area contributed by atoms with Gasteiger partial charge in [0.1, 0.15) is 0 Å². The Kier molecular flexibility index (Phi) is 9.42. The van der Waals surface area contributed by atoms with Crippen molar-refractivity contribution in [3.63, 3.8) is 0 Å². The maximum Gasteiger partial charge on any atom is 0.490 e. The smallest absolute Gasteiger partial charge is 0.490 e. The first-order valence-electron chi connectivity index (χ1n) is 11.4. The molecule has 1 N–H and O–H groups in total. The fraction of sp³-hybridized carbons (Fsp3) is 0.417. The number of nitrogens with zero attached hydrogens (tertiary/aromatic N) is 4. The van der Waals surface area contributed by atoms with E-state index < -0.39 is 12.1 Å². The fourth-order valence-corrected chi connectivity index (χ4v) is 3.72. The van der Waals surface area contributed by atoms with Crippen molar-refractivity contribution in [2.24, 2.45) is 0 Å². The van der Waals surface area contributed by atoms with Gasteiger partial charge in [0.15, 0.2) is 11.6 Å². The first-order valence-corrected chi connectivity index (χ1v) is 11.4. The van der Waals surface area contributed by atoms with E-state index in [1.165, 1.54) is 19.4 Å². The molecule has 1 aliphatic heterocycles. The molecule has 0 bridgehead atoms.